The molecule has 0 aromatic heterocycles. The number of benzene rings is 1. The summed E-state index contributed by atoms with van der Waals surface area (Å²) in [4.78, 5) is 2.54. The Morgan fingerprint density at radius 1 is 0.950 bits per heavy atom. The van der Waals surface area contributed by atoms with Gasteiger partial charge in [-0.2, -0.15) is 0 Å². The van der Waals surface area contributed by atoms with Gasteiger partial charge < -0.3 is 10.2 Å². The maximum atomic E-state index is 3.65. The molecule has 0 radical (unpaired) electrons. The van der Waals surface area contributed by atoms with E-state index >= 15 is 0 Å². The zero-order chi connectivity index (χ0) is 14.0. The standard InChI is InChI=1S/C18H30N2/c1-2-3-4-5-9-14-19-17-12-7-8-13-18(17)20-15-10-6-11-16-20/h7-8,12-13,19H,2-6,9-11,14-16H2,1H3. The highest BCUT2D eigenvalue weighted by Crippen LogP contribution is 2.28. The normalized spacial score (nSPS) is 15.3. The number of unbranched alkanes of at least 4 members (excludes halogenated alkanes) is 4. The lowest BCUT2D eigenvalue weighted by Crippen LogP contribution is -2.30. The van der Waals surface area contributed by atoms with Gasteiger partial charge in [0, 0.05) is 19.6 Å². The van der Waals surface area contributed by atoms with Gasteiger partial charge in [-0.1, -0.05) is 44.7 Å². The van der Waals surface area contributed by atoms with Crippen LogP contribution in [-0.4, -0.2) is 19.6 Å². The fourth-order valence-corrected chi connectivity index (χ4v) is 2.99. The Bertz CT molecular complexity index is 369. The van der Waals surface area contributed by atoms with Crippen molar-refractivity contribution in [2.24, 2.45) is 0 Å². The molecule has 2 heteroatoms. The van der Waals surface area contributed by atoms with Crippen molar-refractivity contribution in [3.63, 3.8) is 0 Å². The highest BCUT2D eigenvalue weighted by Gasteiger charge is 2.13. The lowest BCUT2D eigenvalue weighted by molar-refractivity contribution is 0.578. The number of anilines is 2. The Morgan fingerprint density at radius 2 is 1.70 bits per heavy atom. The molecule has 0 saturated carbocycles. The second-order valence-electron chi connectivity index (χ2n) is 5.91. The minimum atomic E-state index is 1.11. The molecule has 112 valence electrons. The van der Waals surface area contributed by atoms with E-state index in [1.165, 1.54) is 75.8 Å². The molecule has 1 aliphatic rings. The maximum Gasteiger partial charge on any atom is 0.0602 e. The van der Waals surface area contributed by atoms with Gasteiger partial charge in [0.1, 0.15) is 0 Å². The highest BCUT2D eigenvalue weighted by atomic mass is 15.1. The van der Waals surface area contributed by atoms with E-state index in [0.29, 0.717) is 0 Å². The van der Waals surface area contributed by atoms with E-state index in [1.54, 1.807) is 0 Å². The van der Waals surface area contributed by atoms with Crippen molar-refractivity contribution in [1.29, 1.82) is 0 Å². The van der Waals surface area contributed by atoms with E-state index in [0.717, 1.165) is 6.54 Å². The van der Waals surface area contributed by atoms with Crippen LogP contribution in [0.3, 0.4) is 0 Å². The summed E-state index contributed by atoms with van der Waals surface area (Å²) in [5.74, 6) is 0. The van der Waals surface area contributed by atoms with Gasteiger partial charge in [-0.15, -0.1) is 0 Å². The van der Waals surface area contributed by atoms with E-state index in [-0.39, 0.29) is 0 Å². The number of hydrogen-bond acceptors (Lipinski definition) is 2. The Labute approximate surface area is 124 Å². The molecule has 2 rings (SSSR count). The van der Waals surface area contributed by atoms with Gasteiger partial charge in [0.2, 0.25) is 0 Å². The van der Waals surface area contributed by atoms with E-state index in [2.05, 4.69) is 41.4 Å². The number of para-hydroxylation sites is 2. The Balaban J connectivity index is 1.81. The van der Waals surface area contributed by atoms with E-state index in [1.807, 2.05) is 0 Å². The topological polar surface area (TPSA) is 15.3 Å². The molecule has 0 unspecified atom stereocenters. The third-order valence-corrected chi connectivity index (χ3v) is 4.20. The first kappa shape index (κ1) is 15.2. The molecule has 0 aliphatic carbocycles. The Hall–Kier alpha value is -1.18. The maximum absolute atomic E-state index is 3.65. The highest BCUT2D eigenvalue weighted by molar-refractivity contribution is 5.70. The van der Waals surface area contributed by atoms with Crippen molar-refractivity contribution in [1.82, 2.24) is 0 Å². The van der Waals surface area contributed by atoms with Gasteiger partial charge in [0.15, 0.2) is 0 Å². The summed E-state index contributed by atoms with van der Waals surface area (Å²) in [5.41, 5.74) is 2.73. The molecule has 1 N–H and O–H groups in total. The molecule has 1 heterocycles. The van der Waals surface area contributed by atoms with Crippen molar-refractivity contribution in [2.75, 3.05) is 29.9 Å². The van der Waals surface area contributed by atoms with Crippen molar-refractivity contribution in [3.05, 3.63) is 24.3 Å². The first-order chi connectivity index (χ1) is 9.92. The molecular weight excluding hydrogens is 244 g/mol. The van der Waals surface area contributed by atoms with Crippen LogP contribution >= 0.6 is 0 Å². The molecule has 1 fully saturated rings. The van der Waals surface area contributed by atoms with E-state index in [4.69, 9.17) is 0 Å². The second-order valence-corrected chi connectivity index (χ2v) is 5.91. The predicted octanol–water partition coefficient (Wildman–Crippen LogP) is 5.06. The Morgan fingerprint density at radius 3 is 2.50 bits per heavy atom. The van der Waals surface area contributed by atoms with E-state index < -0.39 is 0 Å². The number of nitrogens with zero attached hydrogens (tertiary/aromatic N) is 1. The van der Waals surface area contributed by atoms with Gasteiger partial charge in [0.25, 0.3) is 0 Å². The van der Waals surface area contributed by atoms with Crippen molar-refractivity contribution in [3.8, 4) is 0 Å². The summed E-state index contributed by atoms with van der Waals surface area (Å²) >= 11 is 0. The van der Waals surface area contributed by atoms with Crippen molar-refractivity contribution >= 4 is 11.4 Å². The molecule has 0 atom stereocenters. The minimum absolute atomic E-state index is 1.11. The van der Waals surface area contributed by atoms with Crippen LogP contribution in [0.4, 0.5) is 11.4 Å². The van der Waals surface area contributed by atoms with Gasteiger partial charge >= 0.3 is 0 Å². The van der Waals surface area contributed by atoms with Crippen LogP contribution in [0.15, 0.2) is 24.3 Å². The Kier molecular flexibility index (Phi) is 6.76. The van der Waals surface area contributed by atoms with Crippen LogP contribution in [0.2, 0.25) is 0 Å². The first-order valence-electron chi connectivity index (χ1n) is 8.49. The summed E-state index contributed by atoms with van der Waals surface area (Å²) in [6.07, 6.45) is 10.8. The molecule has 0 spiro atoms. The third kappa shape index (κ3) is 4.73. The zero-order valence-electron chi connectivity index (χ0n) is 13.0. The molecule has 0 amide bonds. The molecule has 1 aliphatic heterocycles. The zero-order valence-corrected chi connectivity index (χ0v) is 13.0. The summed E-state index contributed by atoms with van der Waals surface area (Å²) in [5, 5.41) is 3.65. The number of hydrogen-bond donors (Lipinski definition) is 1. The minimum Gasteiger partial charge on any atom is -0.383 e. The number of nitrogens with one attached hydrogen (secondary N) is 1. The van der Waals surface area contributed by atoms with Crippen LogP contribution in [0.5, 0.6) is 0 Å². The van der Waals surface area contributed by atoms with Crippen LogP contribution in [0.1, 0.15) is 58.3 Å². The van der Waals surface area contributed by atoms with Gasteiger partial charge in [-0.05, 0) is 37.8 Å². The molecule has 20 heavy (non-hydrogen) atoms. The molecule has 1 aromatic rings. The third-order valence-electron chi connectivity index (χ3n) is 4.20. The second kappa shape index (κ2) is 8.89. The van der Waals surface area contributed by atoms with Gasteiger partial charge in [-0.25, -0.2) is 0 Å². The van der Waals surface area contributed by atoms with Crippen LogP contribution < -0.4 is 10.2 Å². The average molecular weight is 274 g/mol. The van der Waals surface area contributed by atoms with Crippen LogP contribution in [0, 0.1) is 0 Å². The lowest BCUT2D eigenvalue weighted by atomic mass is 10.1. The molecule has 2 nitrogen and oxygen atoms in total. The summed E-state index contributed by atoms with van der Waals surface area (Å²) in [6, 6.07) is 8.81. The van der Waals surface area contributed by atoms with Gasteiger partial charge in [-0.3, -0.25) is 0 Å². The molecular formula is C18H30N2. The SMILES string of the molecule is CCCCCCCNc1ccccc1N1CCCCC1. The summed E-state index contributed by atoms with van der Waals surface area (Å²) in [7, 11) is 0. The van der Waals surface area contributed by atoms with Gasteiger partial charge in [0.05, 0.1) is 11.4 Å². The lowest BCUT2D eigenvalue weighted by Gasteiger charge is -2.30. The fourth-order valence-electron chi connectivity index (χ4n) is 2.99. The van der Waals surface area contributed by atoms with E-state index in [9.17, 15) is 0 Å². The molecule has 1 saturated heterocycles. The van der Waals surface area contributed by atoms with Crippen LogP contribution in [-0.2, 0) is 0 Å². The molecule has 1 aromatic carbocycles. The first-order valence-corrected chi connectivity index (χ1v) is 8.49. The fraction of sp³-hybridized carbons (Fsp3) is 0.667. The monoisotopic (exact) mass is 274 g/mol. The molecule has 0 bridgehead atoms. The van der Waals surface area contributed by atoms with Crippen LogP contribution in [0.25, 0.3) is 0 Å². The summed E-state index contributed by atoms with van der Waals surface area (Å²) in [6.45, 7) is 5.81. The summed E-state index contributed by atoms with van der Waals surface area (Å²) < 4.78 is 0. The quantitative estimate of drug-likeness (QED) is 0.667. The average Bonchev–Trinajstić information content (AvgIpc) is 2.52. The largest absolute Gasteiger partial charge is 0.383 e. The number of piperidine rings is 1. The smallest absolute Gasteiger partial charge is 0.0602 e. The predicted molar refractivity (Wildman–Crippen MR) is 89.8 cm³/mol. The van der Waals surface area contributed by atoms with Crippen molar-refractivity contribution < 1.29 is 0 Å². The number of rotatable bonds is 8. The van der Waals surface area contributed by atoms with Crippen molar-refractivity contribution in [2.45, 2.75) is 58.3 Å².